The number of anilines is 1. The van der Waals surface area contributed by atoms with Crippen LogP contribution in [-0.4, -0.2) is 22.8 Å². The summed E-state index contributed by atoms with van der Waals surface area (Å²) in [5.74, 6) is -0.462. The van der Waals surface area contributed by atoms with E-state index in [1.165, 1.54) is 19.2 Å². The number of hydrogen-bond donors (Lipinski definition) is 1. The minimum Gasteiger partial charge on any atom is -0.494 e. The van der Waals surface area contributed by atoms with Crippen LogP contribution < -0.4 is 10.1 Å². The second-order valence-electron chi connectivity index (χ2n) is 5.38. The van der Waals surface area contributed by atoms with Gasteiger partial charge in [0, 0.05) is 6.54 Å². The van der Waals surface area contributed by atoms with Gasteiger partial charge < -0.3 is 10.1 Å². The van der Waals surface area contributed by atoms with Crippen LogP contribution in [0.3, 0.4) is 0 Å². The predicted molar refractivity (Wildman–Crippen MR) is 80.5 cm³/mol. The minimum absolute atomic E-state index is 0.117. The monoisotopic (exact) mass is 303 g/mol. The van der Waals surface area contributed by atoms with Gasteiger partial charge in [-0.15, -0.1) is 0 Å². The second kappa shape index (κ2) is 6.17. The van der Waals surface area contributed by atoms with E-state index < -0.39 is 5.82 Å². The molecule has 1 amide bonds. The van der Waals surface area contributed by atoms with Gasteiger partial charge in [-0.3, -0.25) is 9.48 Å². The van der Waals surface area contributed by atoms with Gasteiger partial charge in [-0.1, -0.05) is 6.07 Å². The van der Waals surface area contributed by atoms with E-state index in [9.17, 15) is 9.18 Å². The summed E-state index contributed by atoms with van der Waals surface area (Å²) in [5.41, 5.74) is 2.44. The van der Waals surface area contributed by atoms with E-state index >= 15 is 0 Å². The number of benzene rings is 1. The van der Waals surface area contributed by atoms with Crippen molar-refractivity contribution in [1.29, 1.82) is 0 Å². The zero-order chi connectivity index (χ0) is 15.5. The molecular formula is C16H18FN3O2. The number of carbonyl (C=O) groups is 1. The highest BCUT2D eigenvalue weighted by Crippen LogP contribution is 2.23. The largest absolute Gasteiger partial charge is 0.494 e. The third-order valence-corrected chi connectivity index (χ3v) is 3.84. The lowest BCUT2D eigenvalue weighted by atomic mass is 10.1. The average Bonchev–Trinajstić information content (AvgIpc) is 2.91. The van der Waals surface area contributed by atoms with Crippen LogP contribution in [0.15, 0.2) is 24.4 Å². The van der Waals surface area contributed by atoms with Crippen molar-refractivity contribution in [1.82, 2.24) is 9.78 Å². The molecule has 3 rings (SSSR count). The number of hydrogen-bond acceptors (Lipinski definition) is 3. The number of ether oxygens (including phenoxy) is 1. The van der Waals surface area contributed by atoms with Gasteiger partial charge in [0.15, 0.2) is 11.6 Å². The first-order valence-electron chi connectivity index (χ1n) is 7.34. The highest BCUT2D eigenvalue weighted by Gasteiger charge is 2.16. The van der Waals surface area contributed by atoms with Crippen molar-refractivity contribution < 1.29 is 13.9 Å². The summed E-state index contributed by atoms with van der Waals surface area (Å²) in [4.78, 5) is 12.1. The van der Waals surface area contributed by atoms with Gasteiger partial charge in [-0.2, -0.15) is 5.10 Å². The van der Waals surface area contributed by atoms with Crippen molar-refractivity contribution in [3.63, 3.8) is 0 Å². The Morgan fingerprint density at radius 3 is 3.09 bits per heavy atom. The molecule has 1 aromatic heterocycles. The zero-order valence-electron chi connectivity index (χ0n) is 12.4. The highest BCUT2D eigenvalue weighted by molar-refractivity contribution is 5.92. The fraction of sp³-hybridized carbons (Fsp3) is 0.375. The number of amides is 1. The molecule has 1 aliphatic heterocycles. The molecule has 0 saturated heterocycles. The molecule has 116 valence electrons. The van der Waals surface area contributed by atoms with Crippen molar-refractivity contribution in [2.24, 2.45) is 0 Å². The molecule has 1 aliphatic rings. The Labute approximate surface area is 128 Å². The molecule has 0 unspecified atom stereocenters. The summed E-state index contributed by atoms with van der Waals surface area (Å²) < 4.78 is 20.4. The molecule has 5 nitrogen and oxygen atoms in total. The third-order valence-electron chi connectivity index (χ3n) is 3.84. The molecule has 0 aliphatic carbocycles. The maximum absolute atomic E-state index is 13.6. The Balaban J connectivity index is 1.68. The molecule has 22 heavy (non-hydrogen) atoms. The second-order valence-corrected chi connectivity index (χ2v) is 5.38. The molecule has 0 bridgehead atoms. The topological polar surface area (TPSA) is 56.1 Å². The standard InChI is InChI=1S/C16H18FN3O2/c1-22-15-6-5-11(8-12(15)17)9-16(21)19-13-10-18-20-7-3-2-4-14(13)20/h5-6,8,10H,2-4,7,9H2,1H3,(H,19,21). The van der Waals surface area contributed by atoms with Crippen LogP contribution >= 0.6 is 0 Å². The first kappa shape index (κ1) is 14.6. The quantitative estimate of drug-likeness (QED) is 0.944. The third kappa shape index (κ3) is 2.95. The van der Waals surface area contributed by atoms with Gasteiger partial charge in [-0.25, -0.2) is 4.39 Å². The summed E-state index contributed by atoms with van der Waals surface area (Å²) in [6.45, 7) is 0.898. The lowest BCUT2D eigenvalue weighted by Crippen LogP contribution is -2.17. The molecule has 6 heteroatoms. The van der Waals surface area contributed by atoms with Crippen molar-refractivity contribution in [3.05, 3.63) is 41.5 Å². The predicted octanol–water partition coefficient (Wildman–Crippen LogP) is 2.55. The van der Waals surface area contributed by atoms with Crippen LogP contribution in [0.2, 0.25) is 0 Å². The first-order chi connectivity index (χ1) is 10.7. The van der Waals surface area contributed by atoms with E-state index in [2.05, 4.69) is 10.4 Å². The summed E-state index contributed by atoms with van der Waals surface area (Å²) in [7, 11) is 1.41. The fourth-order valence-corrected chi connectivity index (χ4v) is 2.73. The van der Waals surface area contributed by atoms with Gasteiger partial charge in [-0.05, 0) is 37.0 Å². The number of nitrogens with zero attached hydrogens (tertiary/aromatic N) is 2. The Morgan fingerprint density at radius 2 is 2.32 bits per heavy atom. The number of fused-ring (bicyclic) bond motifs is 1. The van der Waals surface area contributed by atoms with Crippen LogP contribution in [-0.2, 0) is 24.2 Å². The van der Waals surface area contributed by atoms with Crippen molar-refractivity contribution >= 4 is 11.6 Å². The SMILES string of the molecule is COc1ccc(CC(=O)Nc2cnn3c2CCCC3)cc1F. The normalized spacial score (nSPS) is 13.5. The van der Waals surface area contributed by atoms with Crippen molar-refractivity contribution in [3.8, 4) is 5.75 Å². The van der Waals surface area contributed by atoms with Gasteiger partial charge in [0.2, 0.25) is 5.91 Å². The maximum atomic E-state index is 13.6. The van der Waals surface area contributed by atoms with Crippen LogP contribution in [0.25, 0.3) is 0 Å². The smallest absolute Gasteiger partial charge is 0.228 e. The number of aromatic nitrogens is 2. The number of nitrogens with one attached hydrogen (secondary N) is 1. The Morgan fingerprint density at radius 1 is 1.45 bits per heavy atom. The molecule has 1 aromatic carbocycles. The lowest BCUT2D eigenvalue weighted by molar-refractivity contribution is -0.115. The number of aryl methyl sites for hydroxylation is 1. The van der Waals surface area contributed by atoms with E-state index in [-0.39, 0.29) is 18.1 Å². The Kier molecular flexibility index (Phi) is 4.09. The number of carbonyl (C=O) groups excluding carboxylic acids is 1. The zero-order valence-corrected chi connectivity index (χ0v) is 12.4. The molecule has 0 spiro atoms. The van der Waals surface area contributed by atoms with Gasteiger partial charge in [0.05, 0.1) is 31.1 Å². The molecule has 2 heterocycles. The Hall–Kier alpha value is -2.37. The molecule has 0 saturated carbocycles. The molecule has 2 aromatic rings. The summed E-state index contributed by atoms with van der Waals surface area (Å²) in [6.07, 6.45) is 4.96. The molecule has 0 fully saturated rings. The van der Waals surface area contributed by atoms with Gasteiger partial charge >= 0.3 is 0 Å². The lowest BCUT2D eigenvalue weighted by Gasteiger charge is -2.15. The number of rotatable bonds is 4. The first-order valence-corrected chi connectivity index (χ1v) is 7.34. The molecular weight excluding hydrogens is 285 g/mol. The summed E-state index contributed by atoms with van der Waals surface area (Å²) >= 11 is 0. The van der Waals surface area contributed by atoms with Gasteiger partial charge in [0.1, 0.15) is 0 Å². The number of methoxy groups -OCH3 is 1. The van der Waals surface area contributed by atoms with Gasteiger partial charge in [0.25, 0.3) is 0 Å². The summed E-state index contributed by atoms with van der Waals surface area (Å²) in [5, 5.41) is 7.15. The molecule has 0 radical (unpaired) electrons. The van der Waals surface area contributed by atoms with E-state index in [1.54, 1.807) is 12.3 Å². The van der Waals surface area contributed by atoms with E-state index in [1.807, 2.05) is 4.68 Å². The van der Waals surface area contributed by atoms with Crippen LogP contribution in [0.4, 0.5) is 10.1 Å². The average molecular weight is 303 g/mol. The van der Waals surface area contributed by atoms with Crippen LogP contribution in [0.1, 0.15) is 24.1 Å². The van der Waals surface area contributed by atoms with Crippen molar-refractivity contribution in [2.75, 3.05) is 12.4 Å². The summed E-state index contributed by atoms with van der Waals surface area (Å²) in [6, 6.07) is 4.54. The van der Waals surface area contributed by atoms with Crippen molar-refractivity contribution in [2.45, 2.75) is 32.2 Å². The number of halogens is 1. The van der Waals surface area contributed by atoms with E-state index in [0.29, 0.717) is 5.56 Å². The molecule has 1 N–H and O–H groups in total. The fourth-order valence-electron chi connectivity index (χ4n) is 2.73. The highest BCUT2D eigenvalue weighted by atomic mass is 19.1. The minimum atomic E-state index is -0.462. The van der Waals surface area contributed by atoms with Crippen LogP contribution in [0.5, 0.6) is 5.75 Å². The molecule has 0 atom stereocenters. The van der Waals surface area contributed by atoms with E-state index in [0.717, 1.165) is 37.2 Å². The van der Waals surface area contributed by atoms with E-state index in [4.69, 9.17) is 4.74 Å². The Bertz CT molecular complexity index is 697. The maximum Gasteiger partial charge on any atom is 0.228 e. The van der Waals surface area contributed by atoms with Crippen LogP contribution in [0, 0.1) is 5.82 Å².